The highest BCUT2D eigenvalue weighted by Gasteiger charge is 2.66. The lowest BCUT2D eigenvalue weighted by Crippen LogP contribution is -2.51. The fourth-order valence-corrected chi connectivity index (χ4v) is 3.71. The van der Waals surface area contributed by atoms with Crippen molar-refractivity contribution in [2.75, 3.05) is 13.2 Å². The Balaban J connectivity index is 2.02. The highest BCUT2D eigenvalue weighted by Crippen LogP contribution is 2.36. The van der Waals surface area contributed by atoms with Crippen LogP contribution in [0.2, 0.25) is 0 Å². The Morgan fingerprint density at radius 1 is 0.763 bits per heavy atom. The van der Waals surface area contributed by atoms with E-state index in [1.165, 1.54) is 13.8 Å². The third-order valence-corrected chi connectivity index (χ3v) is 5.26. The topological polar surface area (TPSA) is 124 Å². The van der Waals surface area contributed by atoms with E-state index in [4.69, 9.17) is 28.4 Å². The van der Waals surface area contributed by atoms with Crippen molar-refractivity contribution in [3.63, 3.8) is 0 Å². The van der Waals surface area contributed by atoms with Crippen molar-refractivity contribution >= 4 is 23.9 Å². The molecule has 0 radical (unpaired) electrons. The van der Waals surface area contributed by atoms with Crippen LogP contribution in [0.15, 0.2) is 60.7 Å². The van der Waals surface area contributed by atoms with Gasteiger partial charge >= 0.3 is 29.7 Å². The van der Waals surface area contributed by atoms with Crippen LogP contribution in [-0.4, -0.2) is 60.7 Å². The number of hydrogen-bond donors (Lipinski definition) is 0. The van der Waals surface area contributed by atoms with E-state index in [1.807, 2.05) is 12.1 Å². The van der Waals surface area contributed by atoms with Gasteiger partial charge < -0.3 is 28.4 Å². The minimum Gasteiger partial charge on any atom is -0.462 e. The van der Waals surface area contributed by atoms with E-state index >= 15 is 0 Å². The minimum absolute atomic E-state index is 0.136. The van der Waals surface area contributed by atoms with E-state index in [0.717, 1.165) is 0 Å². The summed E-state index contributed by atoms with van der Waals surface area (Å²) in [5.41, 5.74) is 0.300. The maximum absolute atomic E-state index is 13.6. The van der Waals surface area contributed by atoms with Gasteiger partial charge in [0.15, 0.2) is 18.3 Å². The Hall–Kier alpha value is -3.76. The number of hydrogen-bond acceptors (Lipinski definition) is 10. The molecule has 3 rings (SSSR count). The Morgan fingerprint density at radius 2 is 1.18 bits per heavy atom. The van der Waals surface area contributed by atoms with E-state index in [-0.39, 0.29) is 13.2 Å². The summed E-state index contributed by atoms with van der Waals surface area (Å²) in [6.07, 6.45) is -4.58. The zero-order chi connectivity index (χ0) is 27.9. The second-order valence-corrected chi connectivity index (χ2v) is 9.31. The molecule has 2 unspecified atom stereocenters. The van der Waals surface area contributed by atoms with Crippen LogP contribution in [0.3, 0.4) is 0 Å². The van der Waals surface area contributed by atoms with E-state index in [9.17, 15) is 19.2 Å². The highest BCUT2D eigenvalue weighted by atomic mass is 16.8. The summed E-state index contributed by atoms with van der Waals surface area (Å²) >= 11 is 0. The normalized spacial score (nSPS) is 18.5. The molecule has 2 atom stereocenters. The number of rotatable bonds is 9. The second-order valence-electron chi connectivity index (χ2n) is 9.31. The van der Waals surface area contributed by atoms with Crippen molar-refractivity contribution in [3.05, 3.63) is 71.8 Å². The summed E-state index contributed by atoms with van der Waals surface area (Å²) in [5.74, 6) is -7.47. The zero-order valence-corrected chi connectivity index (χ0v) is 22.0. The van der Waals surface area contributed by atoms with Gasteiger partial charge in [0.25, 0.3) is 0 Å². The van der Waals surface area contributed by atoms with Gasteiger partial charge in [0.05, 0.1) is 13.2 Å². The molecule has 10 nitrogen and oxygen atoms in total. The molecule has 1 aliphatic heterocycles. The predicted octanol–water partition coefficient (Wildman–Crippen LogP) is 3.27. The molecule has 1 heterocycles. The van der Waals surface area contributed by atoms with Gasteiger partial charge in [0.1, 0.15) is 5.60 Å². The van der Waals surface area contributed by atoms with Crippen molar-refractivity contribution in [2.45, 2.75) is 64.3 Å². The average Bonchev–Trinajstić information content (AvgIpc) is 3.30. The largest absolute Gasteiger partial charge is 0.462 e. The first-order chi connectivity index (χ1) is 18.0. The van der Waals surface area contributed by atoms with Crippen LogP contribution in [0.1, 0.15) is 51.8 Å². The number of benzene rings is 2. The van der Waals surface area contributed by atoms with Crippen LogP contribution < -0.4 is 0 Å². The molecule has 10 heteroatoms. The smallest absolute Gasteiger partial charge is 0.379 e. The lowest BCUT2D eigenvalue weighted by Gasteiger charge is -2.24. The molecule has 0 N–H and O–H groups in total. The summed E-state index contributed by atoms with van der Waals surface area (Å²) in [4.78, 5) is 52.5. The maximum atomic E-state index is 13.6. The molecule has 2 aromatic rings. The summed E-state index contributed by atoms with van der Waals surface area (Å²) in [7, 11) is 0. The van der Waals surface area contributed by atoms with Gasteiger partial charge in [-0.05, 0) is 45.7 Å². The molecule has 2 aromatic carbocycles. The van der Waals surface area contributed by atoms with Gasteiger partial charge in [-0.15, -0.1) is 0 Å². The molecule has 0 spiro atoms. The summed E-state index contributed by atoms with van der Waals surface area (Å²) < 4.78 is 32.4. The molecule has 1 fully saturated rings. The Morgan fingerprint density at radius 3 is 1.58 bits per heavy atom. The molecule has 0 bridgehead atoms. The number of esters is 4. The minimum atomic E-state index is -2.83. The first-order valence-electron chi connectivity index (χ1n) is 12.3. The number of ether oxygens (including phenoxy) is 6. The van der Waals surface area contributed by atoms with Crippen LogP contribution in [-0.2, 0) is 47.6 Å². The molecule has 0 saturated carbocycles. The van der Waals surface area contributed by atoms with Gasteiger partial charge in [-0.25, -0.2) is 19.2 Å². The average molecular weight is 529 g/mol. The van der Waals surface area contributed by atoms with Gasteiger partial charge in [-0.1, -0.05) is 60.7 Å². The van der Waals surface area contributed by atoms with Crippen molar-refractivity contribution < 1.29 is 47.6 Å². The Bertz CT molecular complexity index is 1070. The lowest BCUT2D eigenvalue weighted by atomic mass is 10.0. The van der Waals surface area contributed by atoms with Gasteiger partial charge in [-0.2, -0.15) is 0 Å². The SMILES string of the molecule is CCOC(=O)C1(C(=O)OCC)OC(C(=O)OC(c2ccccc2)c2ccccc2)C(C(=O)OC(C)(C)C)O1. The van der Waals surface area contributed by atoms with Gasteiger partial charge in [0.2, 0.25) is 0 Å². The first-order valence-corrected chi connectivity index (χ1v) is 12.3. The molecule has 0 amide bonds. The second kappa shape index (κ2) is 12.2. The molecular weight excluding hydrogens is 496 g/mol. The standard InChI is InChI=1S/C28H32O10/c1-6-33-25(31)28(26(32)34-7-2)36-21(22(37-28)24(30)38-27(3,4)5)23(29)35-20(18-14-10-8-11-15-18)19-16-12-9-13-17-19/h8-17,20-22H,6-7H2,1-5H3. The molecular formula is C28H32O10. The summed E-state index contributed by atoms with van der Waals surface area (Å²) in [5, 5.41) is 0. The third-order valence-electron chi connectivity index (χ3n) is 5.26. The predicted molar refractivity (Wildman–Crippen MR) is 132 cm³/mol. The third kappa shape index (κ3) is 6.56. The number of carbonyl (C=O) groups excluding carboxylic acids is 4. The van der Waals surface area contributed by atoms with E-state index in [1.54, 1.807) is 69.3 Å². The molecule has 0 aromatic heterocycles. The van der Waals surface area contributed by atoms with Crippen molar-refractivity contribution in [1.82, 2.24) is 0 Å². The number of carbonyl (C=O) groups is 4. The van der Waals surface area contributed by atoms with E-state index < -0.39 is 53.6 Å². The van der Waals surface area contributed by atoms with E-state index in [2.05, 4.69) is 0 Å². The van der Waals surface area contributed by atoms with Crippen LogP contribution in [0, 0.1) is 0 Å². The van der Waals surface area contributed by atoms with Crippen LogP contribution in [0.4, 0.5) is 0 Å². The van der Waals surface area contributed by atoms with Gasteiger partial charge in [-0.3, -0.25) is 0 Å². The molecule has 1 aliphatic rings. The Kier molecular flexibility index (Phi) is 9.24. The van der Waals surface area contributed by atoms with Crippen molar-refractivity contribution in [1.29, 1.82) is 0 Å². The van der Waals surface area contributed by atoms with Crippen LogP contribution in [0.25, 0.3) is 0 Å². The fraction of sp³-hybridized carbons (Fsp3) is 0.429. The maximum Gasteiger partial charge on any atom is 0.379 e. The monoisotopic (exact) mass is 528 g/mol. The molecule has 0 aliphatic carbocycles. The van der Waals surface area contributed by atoms with Crippen molar-refractivity contribution in [3.8, 4) is 0 Å². The van der Waals surface area contributed by atoms with Gasteiger partial charge in [0, 0.05) is 0 Å². The summed E-state index contributed by atoms with van der Waals surface area (Å²) in [6, 6.07) is 17.8. The van der Waals surface area contributed by atoms with Crippen LogP contribution in [0.5, 0.6) is 0 Å². The summed E-state index contributed by atoms with van der Waals surface area (Å²) in [6.45, 7) is 7.57. The van der Waals surface area contributed by atoms with Crippen LogP contribution >= 0.6 is 0 Å². The quantitative estimate of drug-likeness (QED) is 0.272. The molecule has 38 heavy (non-hydrogen) atoms. The zero-order valence-electron chi connectivity index (χ0n) is 22.0. The molecule has 1 saturated heterocycles. The van der Waals surface area contributed by atoms with Crippen molar-refractivity contribution in [2.24, 2.45) is 0 Å². The molecule has 204 valence electrons. The van der Waals surface area contributed by atoms with E-state index in [0.29, 0.717) is 11.1 Å². The Labute approximate surface area is 221 Å². The fourth-order valence-electron chi connectivity index (χ4n) is 3.71. The lowest BCUT2D eigenvalue weighted by molar-refractivity contribution is -0.228. The first kappa shape index (κ1) is 28.8. The highest BCUT2D eigenvalue weighted by molar-refractivity contribution is 6.03.